The van der Waals surface area contributed by atoms with Gasteiger partial charge in [0.05, 0.1) is 35.8 Å². The third kappa shape index (κ3) is 4.42. The summed E-state index contributed by atoms with van der Waals surface area (Å²) in [7, 11) is 1.73. The molecule has 7 atom stereocenters. The lowest BCUT2D eigenvalue weighted by Crippen LogP contribution is -2.54. The van der Waals surface area contributed by atoms with E-state index in [0.29, 0.717) is 43.2 Å². The maximum absolute atomic E-state index is 14.2. The van der Waals surface area contributed by atoms with E-state index in [1.165, 1.54) is 0 Å². The van der Waals surface area contributed by atoms with Crippen LogP contribution in [0, 0.1) is 18.3 Å². The third-order valence-corrected chi connectivity index (χ3v) is 9.68. The topological polar surface area (TPSA) is 66.9 Å². The van der Waals surface area contributed by atoms with E-state index in [-0.39, 0.29) is 35.6 Å². The van der Waals surface area contributed by atoms with Crippen LogP contribution in [0.25, 0.3) is 0 Å². The number of amides is 1. The fourth-order valence-corrected chi connectivity index (χ4v) is 8.00. The van der Waals surface area contributed by atoms with Crippen molar-refractivity contribution in [2.24, 2.45) is 11.3 Å². The molecule has 1 aromatic heterocycles. The van der Waals surface area contributed by atoms with Crippen LogP contribution in [-0.4, -0.2) is 79.5 Å². The fourth-order valence-electron chi connectivity index (χ4n) is 8.00. The number of rotatable bonds is 5. The molecule has 5 aliphatic rings. The highest BCUT2D eigenvalue weighted by atomic mass is 19.4. The molecule has 2 saturated carbocycles. The van der Waals surface area contributed by atoms with Gasteiger partial charge in [-0.1, -0.05) is 6.42 Å². The molecule has 0 aromatic carbocycles. The lowest BCUT2D eigenvalue weighted by Gasteiger charge is -2.40. The van der Waals surface area contributed by atoms with Gasteiger partial charge in [0, 0.05) is 44.6 Å². The summed E-state index contributed by atoms with van der Waals surface area (Å²) >= 11 is 0. The number of aryl methyl sites for hydroxylation is 1. The second kappa shape index (κ2) is 9.38. The Bertz CT molecular complexity index is 1040. The van der Waals surface area contributed by atoms with Gasteiger partial charge in [0.15, 0.2) is 0 Å². The van der Waals surface area contributed by atoms with Gasteiger partial charge >= 0.3 is 6.18 Å². The molecule has 7 nitrogen and oxygen atoms in total. The first-order valence-corrected chi connectivity index (χ1v) is 13.7. The highest BCUT2D eigenvalue weighted by molar-refractivity contribution is 5.85. The number of anilines is 1. The van der Waals surface area contributed by atoms with Crippen molar-refractivity contribution < 1.29 is 27.4 Å². The molecule has 37 heavy (non-hydrogen) atoms. The smallest absolute Gasteiger partial charge is 0.379 e. The zero-order chi connectivity index (χ0) is 25.9. The van der Waals surface area contributed by atoms with Crippen molar-refractivity contribution in [2.75, 3.05) is 38.3 Å². The second-order valence-corrected chi connectivity index (χ2v) is 11.8. The number of nitrogens with one attached hydrogen (secondary N) is 1. The Hall–Kier alpha value is -1.91. The van der Waals surface area contributed by atoms with Gasteiger partial charge in [0.1, 0.15) is 5.82 Å². The Morgan fingerprint density at radius 3 is 2.78 bits per heavy atom. The minimum Gasteiger partial charge on any atom is -0.379 e. The van der Waals surface area contributed by atoms with Crippen LogP contribution in [0.5, 0.6) is 0 Å². The van der Waals surface area contributed by atoms with Crippen LogP contribution < -0.4 is 10.2 Å². The number of fused-ring (bicyclic) bond motifs is 3. The highest BCUT2D eigenvalue weighted by Crippen LogP contribution is 2.56. The van der Waals surface area contributed by atoms with Gasteiger partial charge in [-0.3, -0.25) is 4.79 Å². The lowest BCUT2D eigenvalue weighted by atomic mass is 9.78. The Kier molecular flexibility index (Phi) is 6.43. The van der Waals surface area contributed by atoms with E-state index in [2.05, 4.69) is 15.2 Å². The molecule has 4 heterocycles. The molecule has 2 aliphatic carbocycles. The van der Waals surface area contributed by atoms with Crippen molar-refractivity contribution in [3.63, 3.8) is 0 Å². The lowest BCUT2D eigenvalue weighted by molar-refractivity contribution is -0.144. The molecule has 1 aromatic rings. The van der Waals surface area contributed by atoms with Gasteiger partial charge in [0.25, 0.3) is 0 Å². The number of carbonyl (C=O) groups excluding carboxylic acids is 1. The predicted molar refractivity (Wildman–Crippen MR) is 131 cm³/mol. The molecular formula is C27H37F3N4O3. The fraction of sp³-hybridized carbons (Fsp3) is 0.778. The number of hydrogen-bond donors (Lipinski definition) is 1. The number of alkyl halides is 3. The van der Waals surface area contributed by atoms with Gasteiger partial charge in [-0.05, 0) is 63.5 Å². The molecule has 1 N–H and O–H groups in total. The quantitative estimate of drug-likeness (QED) is 0.638. The molecule has 2 bridgehead atoms. The van der Waals surface area contributed by atoms with Crippen LogP contribution in [0.1, 0.15) is 56.2 Å². The van der Waals surface area contributed by atoms with Crippen molar-refractivity contribution >= 4 is 11.7 Å². The third-order valence-electron chi connectivity index (χ3n) is 9.68. The van der Waals surface area contributed by atoms with Crippen molar-refractivity contribution in [2.45, 2.75) is 88.3 Å². The number of nitrogens with zero attached hydrogens (tertiary/aromatic N) is 3. The first-order valence-electron chi connectivity index (χ1n) is 13.7. The van der Waals surface area contributed by atoms with E-state index in [4.69, 9.17) is 9.47 Å². The molecule has 3 saturated heterocycles. The SMILES string of the molecule is CO[C@@H]1COCC[C@@H]1N[C@@H]1C[C@H]2CCC[C@@]2(C(=O)N2C[C@H]3C[C@H]2CN3c2cc(C(F)(F)F)cc(C)n2)C1. The Morgan fingerprint density at radius 2 is 2.05 bits per heavy atom. The average molecular weight is 523 g/mol. The average Bonchev–Trinajstić information content (AvgIpc) is 3.63. The summed E-state index contributed by atoms with van der Waals surface area (Å²) < 4.78 is 51.4. The summed E-state index contributed by atoms with van der Waals surface area (Å²) in [5.41, 5.74) is -0.618. The largest absolute Gasteiger partial charge is 0.416 e. The van der Waals surface area contributed by atoms with Crippen LogP contribution in [0.4, 0.5) is 19.0 Å². The van der Waals surface area contributed by atoms with Gasteiger partial charge in [-0.15, -0.1) is 0 Å². The number of likely N-dealkylation sites (tertiary alicyclic amines) is 1. The van der Waals surface area contributed by atoms with Crippen molar-refractivity contribution in [1.29, 1.82) is 0 Å². The Balaban J connectivity index is 1.15. The maximum Gasteiger partial charge on any atom is 0.416 e. The standard InChI is InChI=1S/C27H37F3N4O3/c1-16-8-18(27(28,29)30)10-24(31-16)33-13-21-11-20(33)14-34(21)25(35)26-6-3-4-17(26)9-19(12-26)32-22-5-7-37-15-23(22)36-2/h8,10,17,19-23,32H,3-7,9,11-15H2,1-2H3/t17-,19-,20-,21+,22+,23-,26-/m1/s1. The van der Waals surface area contributed by atoms with E-state index in [9.17, 15) is 18.0 Å². The Morgan fingerprint density at radius 1 is 1.22 bits per heavy atom. The van der Waals surface area contributed by atoms with E-state index < -0.39 is 11.7 Å². The summed E-state index contributed by atoms with van der Waals surface area (Å²) in [6.45, 7) is 4.04. The zero-order valence-electron chi connectivity index (χ0n) is 21.6. The minimum absolute atomic E-state index is 0.0145. The molecular weight excluding hydrogens is 485 g/mol. The van der Waals surface area contributed by atoms with Gasteiger partial charge < -0.3 is 24.6 Å². The second-order valence-electron chi connectivity index (χ2n) is 11.8. The molecule has 204 valence electrons. The summed E-state index contributed by atoms with van der Waals surface area (Å²) in [5, 5.41) is 3.82. The molecule has 0 radical (unpaired) electrons. The maximum atomic E-state index is 14.2. The van der Waals surface area contributed by atoms with Crippen LogP contribution >= 0.6 is 0 Å². The van der Waals surface area contributed by atoms with Gasteiger partial charge in [0.2, 0.25) is 5.91 Å². The molecule has 3 aliphatic heterocycles. The summed E-state index contributed by atoms with van der Waals surface area (Å²) in [5.74, 6) is 1.04. The predicted octanol–water partition coefficient (Wildman–Crippen LogP) is 3.54. The number of carbonyl (C=O) groups is 1. The van der Waals surface area contributed by atoms with E-state index in [1.54, 1.807) is 14.0 Å². The van der Waals surface area contributed by atoms with E-state index in [1.807, 2.05) is 4.90 Å². The number of halogens is 3. The zero-order valence-corrected chi connectivity index (χ0v) is 21.6. The summed E-state index contributed by atoms with van der Waals surface area (Å²) in [6, 6.07) is 2.83. The van der Waals surface area contributed by atoms with Crippen molar-refractivity contribution in [1.82, 2.24) is 15.2 Å². The number of hydrogen-bond acceptors (Lipinski definition) is 6. The first-order chi connectivity index (χ1) is 17.7. The van der Waals surface area contributed by atoms with Crippen molar-refractivity contribution in [3.8, 4) is 0 Å². The number of pyridine rings is 1. The number of piperazine rings is 1. The highest BCUT2D eigenvalue weighted by Gasteiger charge is 2.59. The van der Waals surface area contributed by atoms with E-state index in [0.717, 1.165) is 63.7 Å². The molecule has 10 heteroatoms. The number of methoxy groups -OCH3 is 1. The molecule has 0 unspecified atom stereocenters. The molecule has 1 amide bonds. The molecule has 0 spiro atoms. The van der Waals surface area contributed by atoms with Crippen LogP contribution in [-0.2, 0) is 20.4 Å². The van der Waals surface area contributed by atoms with Gasteiger partial charge in [-0.2, -0.15) is 13.2 Å². The van der Waals surface area contributed by atoms with E-state index >= 15 is 0 Å². The number of ether oxygens (including phenoxy) is 2. The normalized spacial score (nSPS) is 37.4. The van der Waals surface area contributed by atoms with Crippen LogP contribution in [0.2, 0.25) is 0 Å². The van der Waals surface area contributed by atoms with Crippen molar-refractivity contribution in [3.05, 3.63) is 23.4 Å². The summed E-state index contributed by atoms with van der Waals surface area (Å²) in [4.78, 5) is 22.6. The first kappa shape index (κ1) is 25.4. The molecule has 6 rings (SSSR count). The van der Waals surface area contributed by atoms with Crippen LogP contribution in [0.15, 0.2) is 12.1 Å². The summed E-state index contributed by atoms with van der Waals surface area (Å²) in [6.07, 6.45) is 2.32. The Labute approximate surface area is 216 Å². The monoisotopic (exact) mass is 522 g/mol. The van der Waals surface area contributed by atoms with Crippen LogP contribution in [0.3, 0.4) is 0 Å². The van der Waals surface area contributed by atoms with Gasteiger partial charge in [-0.25, -0.2) is 4.98 Å². The molecule has 5 fully saturated rings. The minimum atomic E-state index is -4.40. The number of aromatic nitrogens is 1.